The fourth-order valence-corrected chi connectivity index (χ4v) is 1.89. The van der Waals surface area contributed by atoms with Crippen molar-refractivity contribution in [3.8, 4) is 0 Å². The highest BCUT2D eigenvalue weighted by Crippen LogP contribution is 2.16. The van der Waals surface area contributed by atoms with Crippen LogP contribution in [0.15, 0.2) is 24.3 Å². The number of methoxy groups -OCH3 is 1. The zero-order valence-corrected chi connectivity index (χ0v) is 10.4. The first-order valence-corrected chi connectivity index (χ1v) is 5.99. The molecule has 1 aromatic rings. The minimum atomic E-state index is -0.230. The zero-order chi connectivity index (χ0) is 12.7. The van der Waals surface area contributed by atoms with Gasteiger partial charge in [-0.2, -0.15) is 0 Å². The van der Waals surface area contributed by atoms with Crippen LogP contribution in [0.25, 0.3) is 0 Å². The summed E-state index contributed by atoms with van der Waals surface area (Å²) in [5.74, 6) is -0.421. The molecular weight excluding hydrogens is 219 g/mol. The summed E-state index contributed by atoms with van der Waals surface area (Å²) >= 11 is 0. The molecule has 1 atom stereocenters. The Kier molecular flexibility index (Phi) is 5.67. The van der Waals surface area contributed by atoms with Gasteiger partial charge in [-0.25, -0.2) is 4.39 Å². The summed E-state index contributed by atoms with van der Waals surface area (Å²) in [6, 6.07) is 6.41. The summed E-state index contributed by atoms with van der Waals surface area (Å²) in [5.41, 5.74) is 1.05. The number of carbonyl (C=O) groups excluding carboxylic acids is 1. The van der Waals surface area contributed by atoms with Gasteiger partial charge in [0.05, 0.1) is 13.0 Å². The molecule has 0 aromatic heterocycles. The number of halogens is 1. The average Bonchev–Trinajstić information content (AvgIpc) is 2.35. The molecule has 0 bridgehead atoms. The molecule has 0 amide bonds. The lowest BCUT2D eigenvalue weighted by Crippen LogP contribution is -2.16. The summed E-state index contributed by atoms with van der Waals surface area (Å²) in [6.07, 6.45) is 3.34. The van der Waals surface area contributed by atoms with Gasteiger partial charge in [0.15, 0.2) is 0 Å². The van der Waals surface area contributed by atoms with Crippen LogP contribution >= 0.6 is 0 Å². The molecule has 2 nitrogen and oxygen atoms in total. The van der Waals surface area contributed by atoms with Gasteiger partial charge in [-0.15, -0.1) is 0 Å². The molecule has 3 heteroatoms. The fraction of sp³-hybridized carbons (Fsp3) is 0.500. The van der Waals surface area contributed by atoms with Crippen molar-refractivity contribution in [1.29, 1.82) is 0 Å². The SMILES string of the molecule is CCCC(CCc1ccc(F)cc1)C(=O)OC. The molecule has 0 aliphatic rings. The molecule has 0 N–H and O–H groups in total. The Hall–Kier alpha value is -1.38. The van der Waals surface area contributed by atoms with Gasteiger partial charge in [-0.3, -0.25) is 4.79 Å². The minimum Gasteiger partial charge on any atom is -0.469 e. The summed E-state index contributed by atoms with van der Waals surface area (Å²) in [5, 5.41) is 0. The highest BCUT2D eigenvalue weighted by atomic mass is 19.1. The number of aryl methyl sites for hydroxylation is 1. The molecule has 0 heterocycles. The van der Waals surface area contributed by atoms with E-state index in [1.807, 2.05) is 6.92 Å². The number of esters is 1. The van der Waals surface area contributed by atoms with E-state index in [2.05, 4.69) is 0 Å². The Balaban J connectivity index is 2.51. The van der Waals surface area contributed by atoms with Crippen molar-refractivity contribution >= 4 is 5.97 Å². The summed E-state index contributed by atoms with van der Waals surface area (Å²) < 4.78 is 17.5. The smallest absolute Gasteiger partial charge is 0.308 e. The van der Waals surface area contributed by atoms with E-state index in [4.69, 9.17) is 4.74 Å². The number of benzene rings is 1. The Bertz CT molecular complexity index is 346. The van der Waals surface area contributed by atoms with E-state index in [1.165, 1.54) is 19.2 Å². The maximum atomic E-state index is 12.7. The highest BCUT2D eigenvalue weighted by Gasteiger charge is 2.17. The predicted molar refractivity (Wildman–Crippen MR) is 65.1 cm³/mol. The molecule has 0 fully saturated rings. The monoisotopic (exact) mass is 238 g/mol. The summed E-state index contributed by atoms with van der Waals surface area (Å²) in [7, 11) is 1.42. The predicted octanol–water partition coefficient (Wildman–Crippen LogP) is 3.35. The van der Waals surface area contributed by atoms with E-state index < -0.39 is 0 Å². The second-order valence-electron chi connectivity index (χ2n) is 4.17. The Morgan fingerprint density at radius 3 is 2.47 bits per heavy atom. The van der Waals surface area contributed by atoms with Crippen LogP contribution < -0.4 is 0 Å². The van der Waals surface area contributed by atoms with Crippen LogP contribution in [-0.4, -0.2) is 13.1 Å². The Labute approximate surface area is 102 Å². The molecule has 0 saturated heterocycles. The topological polar surface area (TPSA) is 26.3 Å². The van der Waals surface area contributed by atoms with E-state index in [-0.39, 0.29) is 17.7 Å². The van der Waals surface area contributed by atoms with E-state index in [9.17, 15) is 9.18 Å². The molecule has 0 aliphatic carbocycles. The second-order valence-corrected chi connectivity index (χ2v) is 4.17. The number of rotatable bonds is 6. The van der Waals surface area contributed by atoms with Crippen molar-refractivity contribution in [2.75, 3.05) is 7.11 Å². The second kappa shape index (κ2) is 7.05. The third kappa shape index (κ3) is 4.55. The number of carbonyl (C=O) groups is 1. The molecular formula is C14H19FO2. The maximum absolute atomic E-state index is 12.7. The summed E-state index contributed by atoms with van der Waals surface area (Å²) in [6.45, 7) is 2.05. The van der Waals surface area contributed by atoms with Crippen LogP contribution in [0.2, 0.25) is 0 Å². The largest absolute Gasteiger partial charge is 0.469 e. The molecule has 0 aliphatic heterocycles. The molecule has 0 radical (unpaired) electrons. The molecule has 0 spiro atoms. The third-order valence-corrected chi connectivity index (χ3v) is 2.87. The molecule has 1 unspecified atom stereocenters. The van der Waals surface area contributed by atoms with Crippen LogP contribution in [0.5, 0.6) is 0 Å². The number of hydrogen-bond acceptors (Lipinski definition) is 2. The van der Waals surface area contributed by atoms with Crippen LogP contribution in [-0.2, 0) is 16.0 Å². The average molecular weight is 238 g/mol. The van der Waals surface area contributed by atoms with Gasteiger partial charge in [0.1, 0.15) is 5.82 Å². The standard InChI is InChI=1S/C14H19FO2/c1-3-4-12(14(16)17-2)8-5-11-6-9-13(15)10-7-11/h6-7,9-10,12H,3-5,8H2,1-2H3. The van der Waals surface area contributed by atoms with Crippen LogP contribution in [0.3, 0.4) is 0 Å². The van der Waals surface area contributed by atoms with Crippen LogP contribution in [0.1, 0.15) is 31.7 Å². The molecule has 1 rings (SSSR count). The highest BCUT2D eigenvalue weighted by molar-refractivity contribution is 5.72. The Morgan fingerprint density at radius 1 is 1.29 bits per heavy atom. The molecule has 1 aromatic carbocycles. The van der Waals surface area contributed by atoms with Gasteiger partial charge in [0.25, 0.3) is 0 Å². The first-order chi connectivity index (χ1) is 8.17. The molecule has 17 heavy (non-hydrogen) atoms. The Morgan fingerprint density at radius 2 is 1.94 bits per heavy atom. The van der Waals surface area contributed by atoms with Crippen molar-refractivity contribution in [3.05, 3.63) is 35.6 Å². The van der Waals surface area contributed by atoms with Crippen molar-refractivity contribution in [2.24, 2.45) is 5.92 Å². The van der Waals surface area contributed by atoms with E-state index >= 15 is 0 Å². The van der Waals surface area contributed by atoms with Gasteiger partial charge in [0, 0.05) is 0 Å². The molecule has 94 valence electrons. The van der Waals surface area contributed by atoms with Gasteiger partial charge >= 0.3 is 5.97 Å². The normalized spacial score (nSPS) is 12.2. The maximum Gasteiger partial charge on any atom is 0.308 e. The van der Waals surface area contributed by atoms with Gasteiger partial charge in [-0.1, -0.05) is 25.5 Å². The first kappa shape index (κ1) is 13.7. The lowest BCUT2D eigenvalue weighted by atomic mass is 9.95. The molecule has 0 saturated carbocycles. The minimum absolute atomic E-state index is 0.0462. The van der Waals surface area contributed by atoms with E-state index in [0.29, 0.717) is 0 Å². The van der Waals surface area contributed by atoms with Gasteiger partial charge in [0.2, 0.25) is 0 Å². The third-order valence-electron chi connectivity index (χ3n) is 2.87. The number of hydrogen-bond donors (Lipinski definition) is 0. The quantitative estimate of drug-likeness (QED) is 0.710. The first-order valence-electron chi connectivity index (χ1n) is 5.99. The van der Waals surface area contributed by atoms with Crippen LogP contribution in [0, 0.1) is 11.7 Å². The number of ether oxygens (including phenoxy) is 1. The van der Waals surface area contributed by atoms with E-state index in [1.54, 1.807) is 12.1 Å². The van der Waals surface area contributed by atoms with Gasteiger partial charge < -0.3 is 4.74 Å². The summed E-state index contributed by atoms with van der Waals surface area (Å²) in [4.78, 5) is 11.5. The van der Waals surface area contributed by atoms with E-state index in [0.717, 1.165) is 31.2 Å². The van der Waals surface area contributed by atoms with Crippen molar-refractivity contribution in [1.82, 2.24) is 0 Å². The van der Waals surface area contributed by atoms with Gasteiger partial charge in [-0.05, 0) is 37.0 Å². The van der Waals surface area contributed by atoms with Crippen molar-refractivity contribution < 1.29 is 13.9 Å². The van der Waals surface area contributed by atoms with Crippen LogP contribution in [0.4, 0.5) is 4.39 Å². The van der Waals surface area contributed by atoms with Crippen molar-refractivity contribution in [3.63, 3.8) is 0 Å². The lowest BCUT2D eigenvalue weighted by molar-refractivity contribution is -0.145. The van der Waals surface area contributed by atoms with Crippen molar-refractivity contribution in [2.45, 2.75) is 32.6 Å². The fourth-order valence-electron chi connectivity index (χ4n) is 1.89. The lowest BCUT2D eigenvalue weighted by Gasteiger charge is -2.13. The zero-order valence-electron chi connectivity index (χ0n) is 10.4.